The first-order valence-electron chi connectivity index (χ1n) is 7.39. The van der Waals surface area contributed by atoms with E-state index in [0.717, 1.165) is 16.0 Å². The molecule has 0 unspecified atom stereocenters. The average molecular weight is 352 g/mol. The predicted molar refractivity (Wildman–Crippen MR) is 97.6 cm³/mol. The van der Waals surface area contributed by atoms with Crippen molar-refractivity contribution in [3.05, 3.63) is 58.4 Å². The maximum absolute atomic E-state index is 12.1. The average Bonchev–Trinajstić information content (AvgIpc) is 3.03. The van der Waals surface area contributed by atoms with E-state index in [1.807, 2.05) is 18.2 Å². The molecule has 2 aromatic carbocycles. The summed E-state index contributed by atoms with van der Waals surface area (Å²) in [6.45, 7) is 0. The largest absolute Gasteiger partial charge is 0.506 e. The van der Waals surface area contributed by atoms with E-state index in [1.54, 1.807) is 31.4 Å². The summed E-state index contributed by atoms with van der Waals surface area (Å²) in [6, 6.07) is 12.3. The van der Waals surface area contributed by atoms with Gasteiger partial charge < -0.3 is 14.3 Å². The maximum Gasteiger partial charge on any atom is 0.348 e. The van der Waals surface area contributed by atoms with E-state index in [0.29, 0.717) is 16.1 Å². The van der Waals surface area contributed by atoms with Crippen LogP contribution in [0.4, 0.5) is 5.13 Å². The molecule has 124 valence electrons. The van der Waals surface area contributed by atoms with Crippen molar-refractivity contribution >= 4 is 43.9 Å². The number of aromatic nitrogens is 1. The number of fused-ring (bicyclic) bond motifs is 2. The second kappa shape index (κ2) is 6.03. The molecule has 0 aliphatic rings. The quantitative estimate of drug-likeness (QED) is 0.447. The van der Waals surface area contributed by atoms with Gasteiger partial charge in [-0.3, -0.25) is 0 Å². The van der Waals surface area contributed by atoms with Crippen LogP contribution in [0.25, 0.3) is 21.2 Å². The molecule has 0 spiro atoms. The van der Waals surface area contributed by atoms with Gasteiger partial charge in [-0.15, -0.1) is 0 Å². The lowest BCUT2D eigenvalue weighted by atomic mass is 10.1. The Balaban J connectivity index is 1.77. The molecule has 0 bridgehead atoms. The molecule has 0 fully saturated rings. The summed E-state index contributed by atoms with van der Waals surface area (Å²) < 4.78 is 11.3. The summed E-state index contributed by atoms with van der Waals surface area (Å²) >= 11 is 1.36. The lowest BCUT2D eigenvalue weighted by Crippen LogP contribution is -2.06. The minimum absolute atomic E-state index is 0.00413. The highest BCUT2D eigenvalue weighted by Gasteiger charge is 2.12. The van der Waals surface area contributed by atoms with Gasteiger partial charge in [0.2, 0.25) is 5.13 Å². The van der Waals surface area contributed by atoms with Crippen LogP contribution in [0.3, 0.4) is 0 Å². The second-order valence-electron chi connectivity index (χ2n) is 5.24. The van der Waals surface area contributed by atoms with Gasteiger partial charge in [0.15, 0.2) is 0 Å². The molecule has 0 saturated heterocycles. The van der Waals surface area contributed by atoms with Gasteiger partial charge in [0, 0.05) is 6.21 Å². The number of hydrogen-bond acceptors (Lipinski definition) is 7. The van der Waals surface area contributed by atoms with Crippen molar-refractivity contribution in [2.24, 2.45) is 4.99 Å². The molecule has 0 saturated carbocycles. The molecule has 1 N–H and O–H groups in total. The number of aromatic hydroxyl groups is 1. The molecule has 4 rings (SSSR count). The molecule has 0 atom stereocenters. The smallest absolute Gasteiger partial charge is 0.348 e. The first-order chi connectivity index (χ1) is 12.2. The van der Waals surface area contributed by atoms with Crippen molar-refractivity contribution in [3.8, 4) is 11.5 Å². The summed E-state index contributed by atoms with van der Waals surface area (Å²) in [6.07, 6.45) is 1.28. The summed E-state index contributed by atoms with van der Waals surface area (Å²) in [4.78, 5) is 20.7. The number of methoxy groups -OCH3 is 1. The molecule has 0 aliphatic heterocycles. The molecular weight excluding hydrogens is 340 g/mol. The highest BCUT2D eigenvalue weighted by Crippen LogP contribution is 2.31. The van der Waals surface area contributed by atoms with E-state index < -0.39 is 5.63 Å². The van der Waals surface area contributed by atoms with E-state index in [2.05, 4.69) is 9.98 Å². The molecule has 2 aromatic heterocycles. The van der Waals surface area contributed by atoms with Gasteiger partial charge in [-0.05, 0) is 30.3 Å². The third-order valence-electron chi connectivity index (χ3n) is 3.71. The van der Waals surface area contributed by atoms with Crippen molar-refractivity contribution in [2.45, 2.75) is 0 Å². The van der Waals surface area contributed by atoms with E-state index in [1.165, 1.54) is 17.6 Å². The lowest BCUT2D eigenvalue weighted by molar-refractivity contribution is 0.415. The molecule has 0 radical (unpaired) electrons. The Morgan fingerprint density at radius 1 is 1.28 bits per heavy atom. The number of rotatable bonds is 3. The van der Waals surface area contributed by atoms with Crippen molar-refractivity contribution in [1.29, 1.82) is 0 Å². The number of benzene rings is 2. The Kier molecular flexibility index (Phi) is 3.70. The number of nitrogens with zero attached hydrogens (tertiary/aromatic N) is 2. The van der Waals surface area contributed by atoms with Crippen LogP contribution in [0, 0.1) is 0 Å². The molecule has 2 heterocycles. The van der Waals surface area contributed by atoms with Gasteiger partial charge in [0.05, 0.1) is 22.7 Å². The third kappa shape index (κ3) is 2.74. The van der Waals surface area contributed by atoms with Gasteiger partial charge in [-0.25, -0.2) is 14.8 Å². The number of hydrogen-bond donors (Lipinski definition) is 1. The van der Waals surface area contributed by atoms with Crippen LogP contribution >= 0.6 is 11.3 Å². The molecular formula is C18H12N2O4S. The molecule has 7 heteroatoms. The number of para-hydroxylation sites is 1. The highest BCUT2D eigenvalue weighted by atomic mass is 32.1. The SMILES string of the molecule is COc1ccc2nc(N=Cc3c(O)c4ccccc4oc3=O)sc2c1. The van der Waals surface area contributed by atoms with Crippen molar-refractivity contribution in [3.63, 3.8) is 0 Å². The fourth-order valence-electron chi connectivity index (χ4n) is 2.46. The third-order valence-corrected chi connectivity index (χ3v) is 4.63. The predicted octanol–water partition coefficient (Wildman–Crippen LogP) is 3.87. The highest BCUT2D eigenvalue weighted by molar-refractivity contribution is 7.22. The summed E-state index contributed by atoms with van der Waals surface area (Å²) in [5.41, 5.74) is 0.459. The molecule has 0 aliphatic carbocycles. The van der Waals surface area contributed by atoms with Crippen molar-refractivity contribution < 1.29 is 14.3 Å². The van der Waals surface area contributed by atoms with Gasteiger partial charge in [-0.2, -0.15) is 0 Å². The van der Waals surface area contributed by atoms with Crippen LogP contribution in [0.2, 0.25) is 0 Å². The fraction of sp³-hybridized carbons (Fsp3) is 0.0556. The second-order valence-corrected chi connectivity index (χ2v) is 6.25. The standard InChI is InChI=1S/C18H12N2O4S/c1-23-10-6-7-13-15(8-10)25-18(20-13)19-9-12-16(21)11-4-2-3-5-14(11)24-17(12)22/h2-9,21H,1H3. The number of ether oxygens (including phenoxy) is 1. The Morgan fingerprint density at radius 2 is 2.12 bits per heavy atom. The molecule has 6 nitrogen and oxygen atoms in total. The topological polar surface area (TPSA) is 84.9 Å². The normalized spacial score (nSPS) is 11.6. The fourth-order valence-corrected chi connectivity index (χ4v) is 3.30. The zero-order valence-electron chi connectivity index (χ0n) is 13.1. The maximum atomic E-state index is 12.1. The zero-order chi connectivity index (χ0) is 17.4. The summed E-state index contributed by atoms with van der Waals surface area (Å²) in [5, 5.41) is 11.3. The van der Waals surface area contributed by atoms with E-state index in [-0.39, 0.29) is 11.3 Å². The van der Waals surface area contributed by atoms with E-state index >= 15 is 0 Å². The van der Waals surface area contributed by atoms with Crippen molar-refractivity contribution in [2.75, 3.05) is 7.11 Å². The first-order valence-corrected chi connectivity index (χ1v) is 8.21. The molecule has 4 aromatic rings. The molecule has 25 heavy (non-hydrogen) atoms. The van der Waals surface area contributed by atoms with Crippen LogP contribution in [-0.2, 0) is 0 Å². The monoisotopic (exact) mass is 352 g/mol. The van der Waals surface area contributed by atoms with Crippen LogP contribution in [-0.4, -0.2) is 23.4 Å². The number of thiazole rings is 1. The van der Waals surface area contributed by atoms with Crippen molar-refractivity contribution in [1.82, 2.24) is 4.98 Å². The van der Waals surface area contributed by atoms with E-state index in [9.17, 15) is 9.90 Å². The van der Waals surface area contributed by atoms with Crippen LogP contribution < -0.4 is 10.4 Å². The number of aliphatic imine (C=N–C) groups is 1. The Morgan fingerprint density at radius 3 is 2.96 bits per heavy atom. The van der Waals surface area contributed by atoms with Crippen LogP contribution in [0.1, 0.15) is 5.56 Å². The van der Waals surface area contributed by atoms with Gasteiger partial charge in [0.25, 0.3) is 0 Å². The van der Waals surface area contributed by atoms with Gasteiger partial charge in [-0.1, -0.05) is 23.5 Å². The summed E-state index contributed by atoms with van der Waals surface area (Å²) in [7, 11) is 1.60. The van der Waals surface area contributed by atoms with Crippen LogP contribution in [0.5, 0.6) is 11.5 Å². The Bertz CT molecular complexity index is 1180. The Labute approximate surface area is 145 Å². The van der Waals surface area contributed by atoms with Gasteiger partial charge in [0.1, 0.15) is 22.6 Å². The van der Waals surface area contributed by atoms with Crippen LogP contribution in [0.15, 0.2) is 56.7 Å². The van der Waals surface area contributed by atoms with E-state index in [4.69, 9.17) is 9.15 Å². The lowest BCUT2D eigenvalue weighted by Gasteiger charge is -2.01. The van der Waals surface area contributed by atoms with Gasteiger partial charge >= 0.3 is 5.63 Å². The minimum atomic E-state index is -0.650. The zero-order valence-corrected chi connectivity index (χ0v) is 13.9. The Hall–Kier alpha value is -3.19. The minimum Gasteiger partial charge on any atom is -0.506 e. The first kappa shape index (κ1) is 15.3. The molecule has 0 amide bonds. The summed E-state index contributed by atoms with van der Waals surface area (Å²) in [5.74, 6) is 0.581.